The van der Waals surface area contributed by atoms with E-state index in [-0.39, 0.29) is 11.8 Å². The number of nitrogens with one attached hydrogen (secondary N) is 1. The van der Waals surface area contributed by atoms with E-state index in [0.717, 1.165) is 16.8 Å². The molecule has 0 amide bonds. The van der Waals surface area contributed by atoms with Crippen molar-refractivity contribution < 1.29 is 19.0 Å². The Kier molecular flexibility index (Phi) is 4.89. The van der Waals surface area contributed by atoms with Gasteiger partial charge in [-0.3, -0.25) is 0 Å². The van der Waals surface area contributed by atoms with E-state index >= 15 is 0 Å². The SMILES string of the molecule is COc1ccc(C2CC(c3c(C)cc4oc(=O)c(C)c(C)c4c3O)=NN2)c(OC)c1. The van der Waals surface area contributed by atoms with Crippen LogP contribution in [-0.4, -0.2) is 25.0 Å². The molecule has 4 rings (SSSR count). The molecule has 0 bridgehead atoms. The van der Waals surface area contributed by atoms with Crippen molar-refractivity contribution in [2.75, 3.05) is 14.2 Å². The highest BCUT2D eigenvalue weighted by atomic mass is 16.5. The number of aryl methyl sites for hydroxylation is 2. The van der Waals surface area contributed by atoms with Crippen LogP contribution in [0.4, 0.5) is 0 Å². The first-order valence-corrected chi connectivity index (χ1v) is 9.66. The van der Waals surface area contributed by atoms with Gasteiger partial charge in [-0.05, 0) is 50.1 Å². The number of methoxy groups -OCH3 is 2. The monoisotopic (exact) mass is 408 g/mol. The van der Waals surface area contributed by atoms with Crippen molar-refractivity contribution in [1.82, 2.24) is 5.43 Å². The number of hydrogen-bond acceptors (Lipinski definition) is 7. The molecular weight excluding hydrogens is 384 g/mol. The fourth-order valence-corrected chi connectivity index (χ4v) is 3.98. The van der Waals surface area contributed by atoms with Gasteiger partial charge < -0.3 is 24.4 Å². The maximum Gasteiger partial charge on any atom is 0.339 e. The molecule has 0 radical (unpaired) electrons. The Hall–Kier alpha value is -3.48. The summed E-state index contributed by atoms with van der Waals surface area (Å²) in [4.78, 5) is 12.0. The largest absolute Gasteiger partial charge is 0.506 e. The Bertz CT molecular complexity index is 1240. The second-order valence-corrected chi connectivity index (χ2v) is 7.48. The minimum Gasteiger partial charge on any atom is -0.506 e. The molecule has 2 heterocycles. The second kappa shape index (κ2) is 7.40. The number of nitrogens with zero attached hydrogens (tertiary/aromatic N) is 1. The van der Waals surface area contributed by atoms with Crippen molar-refractivity contribution in [1.29, 1.82) is 0 Å². The fraction of sp³-hybridized carbons (Fsp3) is 0.304. The number of hydrogen-bond donors (Lipinski definition) is 2. The van der Waals surface area contributed by atoms with Crippen molar-refractivity contribution in [2.45, 2.75) is 33.2 Å². The summed E-state index contributed by atoms with van der Waals surface area (Å²) in [5.41, 5.74) is 7.46. The predicted molar refractivity (Wildman–Crippen MR) is 115 cm³/mol. The molecule has 2 N–H and O–H groups in total. The molecule has 1 aliphatic rings. The smallest absolute Gasteiger partial charge is 0.339 e. The van der Waals surface area contributed by atoms with Gasteiger partial charge in [-0.1, -0.05) is 0 Å². The Morgan fingerprint density at radius 1 is 1.13 bits per heavy atom. The molecule has 7 heteroatoms. The second-order valence-electron chi connectivity index (χ2n) is 7.48. The molecule has 0 saturated carbocycles. The van der Waals surface area contributed by atoms with Gasteiger partial charge >= 0.3 is 5.63 Å². The minimum atomic E-state index is -0.391. The fourth-order valence-electron chi connectivity index (χ4n) is 3.98. The maximum absolute atomic E-state index is 12.0. The molecule has 0 saturated heterocycles. The molecule has 3 aromatic rings. The third kappa shape index (κ3) is 3.07. The van der Waals surface area contributed by atoms with Gasteiger partial charge in [0.2, 0.25) is 0 Å². The molecule has 0 fully saturated rings. The molecule has 1 aliphatic heterocycles. The number of ether oxygens (including phenoxy) is 2. The zero-order valence-corrected chi connectivity index (χ0v) is 17.6. The van der Waals surface area contributed by atoms with Gasteiger partial charge in [-0.25, -0.2) is 4.79 Å². The van der Waals surface area contributed by atoms with Gasteiger partial charge in [-0.2, -0.15) is 5.10 Å². The summed E-state index contributed by atoms with van der Waals surface area (Å²) in [6.07, 6.45) is 0.567. The molecule has 30 heavy (non-hydrogen) atoms. The molecule has 156 valence electrons. The third-order valence-electron chi connectivity index (χ3n) is 5.77. The van der Waals surface area contributed by atoms with Gasteiger partial charge in [0.05, 0.1) is 31.4 Å². The predicted octanol–water partition coefficient (Wildman–Crippen LogP) is 3.88. The van der Waals surface area contributed by atoms with Gasteiger partial charge in [0, 0.05) is 29.2 Å². The van der Waals surface area contributed by atoms with Crippen LogP contribution < -0.4 is 20.5 Å². The number of aromatic hydroxyl groups is 1. The average Bonchev–Trinajstić information content (AvgIpc) is 3.20. The maximum atomic E-state index is 12.0. The normalized spacial score (nSPS) is 15.8. The number of hydrazone groups is 1. The Labute approximate surface area is 173 Å². The number of rotatable bonds is 4. The van der Waals surface area contributed by atoms with E-state index in [1.807, 2.05) is 32.0 Å². The number of phenols is 1. The molecule has 1 aromatic heterocycles. The summed E-state index contributed by atoms with van der Waals surface area (Å²) in [5.74, 6) is 1.50. The first-order chi connectivity index (χ1) is 14.3. The van der Waals surface area contributed by atoms with Crippen LogP contribution in [-0.2, 0) is 0 Å². The van der Waals surface area contributed by atoms with Gasteiger partial charge in [0.25, 0.3) is 0 Å². The van der Waals surface area contributed by atoms with E-state index in [2.05, 4.69) is 10.5 Å². The van der Waals surface area contributed by atoms with Crippen LogP contribution in [0.2, 0.25) is 0 Å². The highest BCUT2D eigenvalue weighted by Crippen LogP contribution is 2.39. The third-order valence-corrected chi connectivity index (χ3v) is 5.77. The zero-order chi connectivity index (χ0) is 21.6. The van der Waals surface area contributed by atoms with E-state index in [9.17, 15) is 9.90 Å². The number of fused-ring (bicyclic) bond motifs is 1. The molecule has 0 spiro atoms. The topological polar surface area (TPSA) is 93.3 Å². The Morgan fingerprint density at radius 3 is 2.60 bits per heavy atom. The van der Waals surface area contributed by atoms with E-state index in [1.165, 1.54) is 0 Å². The van der Waals surface area contributed by atoms with Gasteiger partial charge in [0.15, 0.2) is 0 Å². The van der Waals surface area contributed by atoms with Gasteiger partial charge in [0.1, 0.15) is 22.8 Å². The lowest BCUT2D eigenvalue weighted by Gasteiger charge is -2.16. The van der Waals surface area contributed by atoms with E-state index in [4.69, 9.17) is 13.9 Å². The quantitative estimate of drug-likeness (QED) is 0.637. The van der Waals surface area contributed by atoms with Gasteiger partial charge in [-0.15, -0.1) is 0 Å². The van der Waals surface area contributed by atoms with Crippen LogP contribution in [0.15, 0.2) is 38.6 Å². The van der Waals surface area contributed by atoms with Crippen molar-refractivity contribution >= 4 is 16.7 Å². The summed E-state index contributed by atoms with van der Waals surface area (Å²) in [5, 5.41) is 16.2. The lowest BCUT2D eigenvalue weighted by atomic mass is 9.92. The highest BCUT2D eigenvalue weighted by Gasteiger charge is 2.28. The van der Waals surface area contributed by atoms with Crippen LogP contribution in [0.3, 0.4) is 0 Å². The lowest BCUT2D eigenvalue weighted by molar-refractivity contribution is 0.386. The van der Waals surface area contributed by atoms with Crippen molar-refractivity contribution in [3.05, 3.63) is 62.5 Å². The summed E-state index contributed by atoms with van der Waals surface area (Å²) in [6.45, 7) is 5.38. The van der Waals surface area contributed by atoms with E-state index < -0.39 is 5.63 Å². The summed E-state index contributed by atoms with van der Waals surface area (Å²) in [7, 11) is 3.23. The number of phenolic OH excluding ortho intramolecular Hbond substituents is 1. The highest BCUT2D eigenvalue weighted by molar-refractivity contribution is 6.09. The molecule has 2 aromatic carbocycles. The van der Waals surface area contributed by atoms with Crippen LogP contribution in [0, 0.1) is 20.8 Å². The summed E-state index contributed by atoms with van der Waals surface area (Å²) in [6, 6.07) is 7.34. The molecular formula is C23H24N2O5. The molecule has 1 atom stereocenters. The van der Waals surface area contributed by atoms with Crippen LogP contribution in [0.5, 0.6) is 17.2 Å². The van der Waals surface area contributed by atoms with E-state index in [1.54, 1.807) is 27.2 Å². The Balaban J connectivity index is 1.75. The first-order valence-electron chi connectivity index (χ1n) is 9.66. The molecule has 7 nitrogen and oxygen atoms in total. The first kappa shape index (κ1) is 19.8. The molecule has 0 aliphatic carbocycles. The van der Waals surface area contributed by atoms with Crippen molar-refractivity contribution in [3.8, 4) is 17.2 Å². The average molecular weight is 408 g/mol. The zero-order valence-electron chi connectivity index (χ0n) is 17.6. The lowest BCUT2D eigenvalue weighted by Crippen LogP contribution is -2.12. The summed E-state index contributed by atoms with van der Waals surface area (Å²) < 4.78 is 16.2. The van der Waals surface area contributed by atoms with Crippen LogP contribution >= 0.6 is 0 Å². The summed E-state index contributed by atoms with van der Waals surface area (Å²) >= 11 is 0. The molecule has 1 unspecified atom stereocenters. The van der Waals surface area contributed by atoms with Crippen molar-refractivity contribution in [3.63, 3.8) is 0 Å². The Morgan fingerprint density at radius 2 is 1.90 bits per heavy atom. The van der Waals surface area contributed by atoms with Crippen LogP contribution in [0.1, 0.15) is 40.3 Å². The standard InChI is InChI=1S/C23H24N2O5/c1-11-8-19-21(12(2)13(3)23(27)30-19)22(26)20(11)17-10-16(24-25-17)15-7-6-14(28-4)9-18(15)29-5/h6-9,16,24,26H,10H2,1-5H3. The van der Waals surface area contributed by atoms with Crippen LogP contribution in [0.25, 0.3) is 11.0 Å². The number of benzene rings is 2. The minimum absolute atomic E-state index is 0.0808. The van der Waals surface area contributed by atoms with E-state index in [0.29, 0.717) is 45.6 Å². The van der Waals surface area contributed by atoms with Crippen molar-refractivity contribution in [2.24, 2.45) is 5.10 Å².